The molecule has 0 bridgehead atoms. The van der Waals surface area contributed by atoms with Crippen LogP contribution in [0.2, 0.25) is 0 Å². The minimum atomic E-state index is 0.133. The molecule has 0 unspecified atom stereocenters. The Balaban J connectivity index is 3.03. The Morgan fingerprint density at radius 1 is 1.60 bits per heavy atom. The van der Waals surface area contributed by atoms with Gasteiger partial charge in [-0.2, -0.15) is 0 Å². The largest absolute Gasteiger partial charge is 0.428 e. The van der Waals surface area contributed by atoms with E-state index in [1.54, 1.807) is 0 Å². The fourth-order valence-corrected chi connectivity index (χ4v) is 0.936. The van der Waals surface area contributed by atoms with Crippen molar-refractivity contribution in [2.45, 2.75) is 19.3 Å². The first-order valence-electron chi connectivity index (χ1n) is 3.45. The minimum absolute atomic E-state index is 0.133. The second-order valence-corrected chi connectivity index (χ2v) is 2.70. The quantitative estimate of drug-likeness (QED) is 0.314. The summed E-state index contributed by atoms with van der Waals surface area (Å²) >= 11 is 0. The summed E-state index contributed by atoms with van der Waals surface area (Å²) in [5.74, 6) is 0.133. The van der Waals surface area contributed by atoms with Gasteiger partial charge in [-0.05, 0) is 18.9 Å². The fourth-order valence-electron chi connectivity index (χ4n) is 0.648. The molecule has 0 aromatic rings. The van der Waals surface area contributed by atoms with Crippen LogP contribution in [-0.4, -0.2) is 22.9 Å². The lowest BCUT2D eigenvalue weighted by Gasteiger charge is -1.96. The van der Waals surface area contributed by atoms with Crippen LogP contribution in [0.15, 0.2) is 12.7 Å². The van der Waals surface area contributed by atoms with Crippen LogP contribution >= 0.6 is 0 Å². The van der Waals surface area contributed by atoms with E-state index in [0.717, 1.165) is 29.9 Å². The van der Waals surface area contributed by atoms with Crippen molar-refractivity contribution >= 4 is 16.3 Å². The highest BCUT2D eigenvalue weighted by Gasteiger charge is 1.93. The molecule has 0 aliphatic rings. The first kappa shape index (κ1) is 9.59. The van der Waals surface area contributed by atoms with E-state index in [1.165, 1.54) is 6.08 Å². The number of hydrogen-bond donors (Lipinski definition) is 0. The maximum atomic E-state index is 10.6. The lowest BCUT2D eigenvalue weighted by atomic mass is 10.2. The number of carbonyl (C=O) groups excluding carboxylic acids is 1. The SMILES string of the molecule is C=CC(=O)CCCCO[SiH3]. The van der Waals surface area contributed by atoms with E-state index in [2.05, 4.69) is 6.58 Å². The van der Waals surface area contributed by atoms with Crippen LogP contribution in [0, 0.1) is 0 Å². The van der Waals surface area contributed by atoms with Crippen molar-refractivity contribution in [3.8, 4) is 0 Å². The van der Waals surface area contributed by atoms with Crippen LogP contribution in [0.1, 0.15) is 19.3 Å². The molecule has 0 aliphatic carbocycles. The molecule has 0 amide bonds. The van der Waals surface area contributed by atoms with Gasteiger partial charge in [0.1, 0.15) is 10.5 Å². The highest BCUT2D eigenvalue weighted by Crippen LogP contribution is 1.96. The summed E-state index contributed by atoms with van der Waals surface area (Å²) < 4.78 is 4.96. The summed E-state index contributed by atoms with van der Waals surface area (Å²) in [7, 11) is 0.798. The van der Waals surface area contributed by atoms with Crippen LogP contribution in [0.4, 0.5) is 0 Å². The summed E-state index contributed by atoms with van der Waals surface area (Å²) in [6.45, 7) is 4.19. The lowest BCUT2D eigenvalue weighted by molar-refractivity contribution is -0.114. The molecular formula is C7H14O2Si. The molecule has 0 heterocycles. The van der Waals surface area contributed by atoms with E-state index < -0.39 is 0 Å². The van der Waals surface area contributed by atoms with Gasteiger partial charge in [-0.25, -0.2) is 0 Å². The van der Waals surface area contributed by atoms with Crippen molar-refractivity contribution in [3.05, 3.63) is 12.7 Å². The van der Waals surface area contributed by atoms with Gasteiger partial charge in [0.2, 0.25) is 0 Å². The average Bonchev–Trinajstić information content (AvgIpc) is 1.98. The Kier molecular flexibility index (Phi) is 6.43. The standard InChI is InChI=1S/C7H14O2Si/c1-2-7(8)5-3-4-6-9-10/h2H,1,3-6H2,10H3. The van der Waals surface area contributed by atoms with E-state index in [4.69, 9.17) is 4.43 Å². The smallest absolute Gasteiger partial charge is 0.155 e. The Bertz CT molecular complexity index is 112. The van der Waals surface area contributed by atoms with Gasteiger partial charge in [0.05, 0.1) is 0 Å². The summed E-state index contributed by atoms with van der Waals surface area (Å²) in [6.07, 6.45) is 3.91. The molecule has 3 heteroatoms. The number of ketones is 1. The van der Waals surface area contributed by atoms with Crippen molar-refractivity contribution in [2.24, 2.45) is 0 Å². The zero-order valence-corrected chi connectivity index (χ0v) is 8.43. The predicted octanol–water partition coefficient (Wildman–Crippen LogP) is 0.209. The highest BCUT2D eigenvalue weighted by atomic mass is 28.2. The molecule has 0 radical (unpaired) electrons. The molecule has 0 spiro atoms. The Morgan fingerprint density at radius 3 is 2.80 bits per heavy atom. The normalized spacial score (nSPS) is 9.60. The Hall–Kier alpha value is -0.413. The van der Waals surface area contributed by atoms with Crippen LogP contribution in [0.5, 0.6) is 0 Å². The van der Waals surface area contributed by atoms with Gasteiger partial charge in [-0.1, -0.05) is 6.58 Å². The van der Waals surface area contributed by atoms with Crippen molar-refractivity contribution in [2.75, 3.05) is 6.61 Å². The van der Waals surface area contributed by atoms with Crippen LogP contribution < -0.4 is 0 Å². The van der Waals surface area contributed by atoms with Crippen molar-refractivity contribution in [1.82, 2.24) is 0 Å². The lowest BCUT2D eigenvalue weighted by Crippen LogP contribution is -1.94. The maximum Gasteiger partial charge on any atom is 0.155 e. The van der Waals surface area contributed by atoms with E-state index in [1.807, 2.05) is 0 Å². The molecule has 0 saturated heterocycles. The summed E-state index contributed by atoms with van der Waals surface area (Å²) in [4.78, 5) is 10.6. The van der Waals surface area contributed by atoms with Crippen LogP contribution in [0.3, 0.4) is 0 Å². The topological polar surface area (TPSA) is 26.3 Å². The summed E-state index contributed by atoms with van der Waals surface area (Å²) in [5.41, 5.74) is 0. The number of carbonyl (C=O) groups is 1. The number of allylic oxidation sites excluding steroid dienone is 1. The molecule has 2 nitrogen and oxygen atoms in total. The molecule has 0 atom stereocenters. The van der Waals surface area contributed by atoms with E-state index in [9.17, 15) is 4.79 Å². The third-order valence-corrected chi connectivity index (χ3v) is 1.66. The van der Waals surface area contributed by atoms with Crippen molar-refractivity contribution in [1.29, 1.82) is 0 Å². The second kappa shape index (κ2) is 6.70. The highest BCUT2D eigenvalue weighted by molar-refractivity contribution is 5.97. The van der Waals surface area contributed by atoms with E-state index in [-0.39, 0.29) is 5.78 Å². The van der Waals surface area contributed by atoms with Gasteiger partial charge in [-0.15, -0.1) is 0 Å². The molecule has 0 fully saturated rings. The van der Waals surface area contributed by atoms with Crippen molar-refractivity contribution < 1.29 is 9.22 Å². The van der Waals surface area contributed by atoms with E-state index >= 15 is 0 Å². The van der Waals surface area contributed by atoms with Gasteiger partial charge < -0.3 is 4.43 Å². The van der Waals surface area contributed by atoms with Crippen LogP contribution in [-0.2, 0) is 9.22 Å². The minimum Gasteiger partial charge on any atom is -0.428 e. The molecular weight excluding hydrogens is 144 g/mol. The Labute approximate surface area is 64.8 Å². The molecule has 10 heavy (non-hydrogen) atoms. The molecule has 0 aliphatic heterocycles. The Morgan fingerprint density at radius 2 is 2.30 bits per heavy atom. The number of unbranched alkanes of at least 4 members (excludes halogenated alkanes) is 1. The van der Waals surface area contributed by atoms with Crippen LogP contribution in [0.25, 0.3) is 0 Å². The molecule has 0 aromatic carbocycles. The first-order chi connectivity index (χ1) is 4.81. The van der Waals surface area contributed by atoms with Gasteiger partial charge in [0, 0.05) is 13.0 Å². The zero-order chi connectivity index (χ0) is 7.82. The second-order valence-electron chi connectivity index (χ2n) is 2.12. The monoisotopic (exact) mass is 158 g/mol. The third-order valence-electron chi connectivity index (χ3n) is 1.25. The van der Waals surface area contributed by atoms with Crippen molar-refractivity contribution in [3.63, 3.8) is 0 Å². The number of hydrogen-bond acceptors (Lipinski definition) is 2. The average molecular weight is 158 g/mol. The van der Waals surface area contributed by atoms with Gasteiger partial charge in [0.15, 0.2) is 5.78 Å². The number of rotatable bonds is 6. The predicted molar refractivity (Wildman–Crippen MR) is 44.9 cm³/mol. The first-order valence-corrected chi connectivity index (χ1v) is 4.27. The van der Waals surface area contributed by atoms with Gasteiger partial charge in [0.25, 0.3) is 0 Å². The maximum absolute atomic E-state index is 10.6. The zero-order valence-electron chi connectivity index (χ0n) is 6.43. The third kappa shape index (κ3) is 5.72. The van der Waals surface area contributed by atoms with Gasteiger partial charge in [-0.3, -0.25) is 4.79 Å². The fraction of sp³-hybridized carbons (Fsp3) is 0.571. The van der Waals surface area contributed by atoms with E-state index in [0.29, 0.717) is 6.42 Å². The summed E-state index contributed by atoms with van der Waals surface area (Å²) in [6, 6.07) is 0. The summed E-state index contributed by atoms with van der Waals surface area (Å²) in [5, 5.41) is 0. The molecule has 0 rings (SSSR count). The molecule has 0 aromatic heterocycles. The molecule has 58 valence electrons. The molecule has 0 N–H and O–H groups in total. The molecule has 0 saturated carbocycles. The van der Waals surface area contributed by atoms with Gasteiger partial charge >= 0.3 is 0 Å².